The number of carbonyl (C=O) groups is 2. The quantitative estimate of drug-likeness (QED) is 0.687. The Balaban J connectivity index is 2.15. The predicted molar refractivity (Wildman–Crippen MR) is 77.4 cm³/mol. The Kier molecular flexibility index (Phi) is 4.52. The Hall–Kier alpha value is -3.16. The van der Waals surface area contributed by atoms with E-state index < -0.39 is 29.7 Å². The molecule has 114 valence electrons. The zero-order valence-electron chi connectivity index (χ0n) is 11.4. The molecule has 0 unspecified atom stereocenters. The lowest BCUT2D eigenvalue weighted by molar-refractivity contribution is -0.118. The summed E-state index contributed by atoms with van der Waals surface area (Å²) in [5.74, 6) is -1.78. The molecule has 0 radical (unpaired) electrons. The standard InChI is InChI=1S/C14H13FN4O3/c15-9-4-6-10(7-5-9)17-18-14(22)11-2-1-3-13(21)19(11)8-12(16)20/h1-7,17H,8H2,(H2,16,20)(H,18,22). The van der Waals surface area contributed by atoms with Gasteiger partial charge in [-0.1, -0.05) is 6.07 Å². The van der Waals surface area contributed by atoms with Crippen molar-refractivity contribution in [3.05, 3.63) is 64.3 Å². The van der Waals surface area contributed by atoms with Crippen LogP contribution in [-0.4, -0.2) is 16.4 Å². The molecule has 4 N–H and O–H groups in total. The monoisotopic (exact) mass is 304 g/mol. The van der Waals surface area contributed by atoms with Gasteiger partial charge in [0.1, 0.15) is 18.1 Å². The van der Waals surface area contributed by atoms with Crippen LogP contribution < -0.4 is 22.1 Å². The maximum absolute atomic E-state index is 12.8. The van der Waals surface area contributed by atoms with Crippen LogP contribution in [0.1, 0.15) is 10.5 Å². The van der Waals surface area contributed by atoms with Crippen molar-refractivity contribution in [1.29, 1.82) is 0 Å². The minimum Gasteiger partial charge on any atom is -0.368 e. The molecule has 22 heavy (non-hydrogen) atoms. The summed E-state index contributed by atoms with van der Waals surface area (Å²) in [6.45, 7) is -0.404. The molecule has 0 saturated heterocycles. The number of carbonyl (C=O) groups excluding carboxylic acids is 2. The highest BCUT2D eigenvalue weighted by atomic mass is 19.1. The lowest BCUT2D eigenvalue weighted by Gasteiger charge is -2.12. The number of rotatable bonds is 5. The largest absolute Gasteiger partial charge is 0.368 e. The van der Waals surface area contributed by atoms with Gasteiger partial charge in [0.25, 0.3) is 11.5 Å². The summed E-state index contributed by atoms with van der Waals surface area (Å²) < 4.78 is 13.7. The number of pyridine rings is 1. The van der Waals surface area contributed by atoms with Gasteiger partial charge in [-0.2, -0.15) is 0 Å². The third-order valence-corrected chi connectivity index (χ3v) is 2.76. The minimum atomic E-state index is -0.742. The Bertz CT molecular complexity index is 755. The van der Waals surface area contributed by atoms with E-state index in [2.05, 4.69) is 10.9 Å². The van der Waals surface area contributed by atoms with Crippen molar-refractivity contribution < 1.29 is 14.0 Å². The fourth-order valence-electron chi connectivity index (χ4n) is 1.76. The highest BCUT2D eigenvalue weighted by molar-refractivity contribution is 5.93. The zero-order valence-corrected chi connectivity index (χ0v) is 11.4. The number of nitrogens with zero attached hydrogens (tertiary/aromatic N) is 1. The second-order valence-corrected chi connectivity index (χ2v) is 4.39. The first-order chi connectivity index (χ1) is 10.5. The van der Waals surface area contributed by atoms with Gasteiger partial charge in [-0.05, 0) is 30.3 Å². The molecule has 0 saturated carbocycles. The summed E-state index contributed by atoms with van der Waals surface area (Å²) in [5, 5.41) is 0. The molecule has 1 aromatic carbocycles. The highest BCUT2D eigenvalue weighted by Gasteiger charge is 2.13. The minimum absolute atomic E-state index is 0.0269. The Morgan fingerprint density at radius 3 is 2.45 bits per heavy atom. The molecule has 8 heteroatoms. The third kappa shape index (κ3) is 3.69. The average molecular weight is 304 g/mol. The Morgan fingerprint density at radius 1 is 1.14 bits per heavy atom. The van der Waals surface area contributed by atoms with E-state index in [-0.39, 0.29) is 5.69 Å². The number of nitrogens with one attached hydrogen (secondary N) is 2. The number of anilines is 1. The summed E-state index contributed by atoms with van der Waals surface area (Å²) in [5.41, 5.74) is 9.89. The van der Waals surface area contributed by atoms with Crippen molar-refractivity contribution in [2.75, 3.05) is 5.43 Å². The van der Waals surface area contributed by atoms with E-state index in [9.17, 15) is 18.8 Å². The van der Waals surface area contributed by atoms with Crippen LogP contribution >= 0.6 is 0 Å². The molecule has 0 aliphatic heterocycles. The smallest absolute Gasteiger partial charge is 0.286 e. The Morgan fingerprint density at radius 2 is 1.82 bits per heavy atom. The predicted octanol–water partition coefficient (Wildman–Crippen LogP) is 0.230. The molecule has 7 nitrogen and oxygen atoms in total. The van der Waals surface area contributed by atoms with Gasteiger partial charge in [0.2, 0.25) is 5.91 Å². The van der Waals surface area contributed by atoms with E-state index in [1.807, 2.05) is 0 Å². The van der Waals surface area contributed by atoms with Gasteiger partial charge in [-0.25, -0.2) is 4.39 Å². The number of aromatic nitrogens is 1. The average Bonchev–Trinajstić information content (AvgIpc) is 2.48. The number of hydrogen-bond acceptors (Lipinski definition) is 4. The number of benzene rings is 1. The van der Waals surface area contributed by atoms with Crippen molar-refractivity contribution in [2.24, 2.45) is 5.73 Å². The van der Waals surface area contributed by atoms with Crippen molar-refractivity contribution in [1.82, 2.24) is 9.99 Å². The molecule has 2 rings (SSSR count). The summed E-state index contributed by atoms with van der Waals surface area (Å²) >= 11 is 0. The fraction of sp³-hybridized carbons (Fsp3) is 0.0714. The fourth-order valence-corrected chi connectivity index (χ4v) is 1.76. The van der Waals surface area contributed by atoms with Crippen molar-refractivity contribution in [2.45, 2.75) is 6.54 Å². The van der Waals surface area contributed by atoms with Gasteiger partial charge in [0, 0.05) is 6.07 Å². The van der Waals surface area contributed by atoms with Crippen molar-refractivity contribution in [3.63, 3.8) is 0 Å². The molecule has 0 spiro atoms. The topological polar surface area (TPSA) is 106 Å². The van der Waals surface area contributed by atoms with Gasteiger partial charge in [0.15, 0.2) is 0 Å². The molecule has 2 aromatic rings. The van der Waals surface area contributed by atoms with Crippen LogP contribution in [-0.2, 0) is 11.3 Å². The van der Waals surface area contributed by atoms with Crippen LogP contribution in [0.25, 0.3) is 0 Å². The number of nitrogens with two attached hydrogens (primary N) is 1. The van der Waals surface area contributed by atoms with Gasteiger partial charge in [-0.15, -0.1) is 0 Å². The number of halogens is 1. The zero-order chi connectivity index (χ0) is 16.1. The van der Waals surface area contributed by atoms with Crippen molar-refractivity contribution >= 4 is 17.5 Å². The maximum atomic E-state index is 12.8. The van der Waals surface area contributed by atoms with Gasteiger partial charge in [0.05, 0.1) is 5.69 Å². The van der Waals surface area contributed by atoms with E-state index in [0.29, 0.717) is 5.69 Å². The van der Waals surface area contributed by atoms with Crippen LogP contribution in [0.5, 0.6) is 0 Å². The summed E-state index contributed by atoms with van der Waals surface area (Å²) in [6, 6.07) is 9.29. The van der Waals surface area contributed by atoms with Gasteiger partial charge < -0.3 is 5.73 Å². The molecule has 0 aliphatic rings. The van der Waals surface area contributed by atoms with Crippen LogP contribution in [0.3, 0.4) is 0 Å². The van der Waals surface area contributed by atoms with Gasteiger partial charge in [-0.3, -0.25) is 29.8 Å². The lowest BCUT2D eigenvalue weighted by atomic mass is 10.3. The molecular formula is C14H13FN4O3. The maximum Gasteiger partial charge on any atom is 0.286 e. The number of hydrazine groups is 1. The summed E-state index contributed by atoms with van der Waals surface area (Å²) in [6.07, 6.45) is 0. The molecule has 0 bridgehead atoms. The SMILES string of the molecule is NC(=O)Cn1c(C(=O)NNc2ccc(F)cc2)cccc1=O. The van der Waals surface area contributed by atoms with E-state index in [1.165, 1.54) is 42.5 Å². The lowest BCUT2D eigenvalue weighted by Crippen LogP contribution is -2.37. The van der Waals surface area contributed by atoms with Crippen molar-refractivity contribution in [3.8, 4) is 0 Å². The molecule has 0 aliphatic carbocycles. The normalized spacial score (nSPS) is 10.0. The van der Waals surface area contributed by atoms with E-state index in [1.54, 1.807) is 0 Å². The summed E-state index contributed by atoms with van der Waals surface area (Å²) in [4.78, 5) is 34.8. The van der Waals surface area contributed by atoms with Crippen LogP contribution in [0.2, 0.25) is 0 Å². The second kappa shape index (κ2) is 6.53. The first-order valence-electron chi connectivity index (χ1n) is 6.27. The van der Waals surface area contributed by atoms with Gasteiger partial charge >= 0.3 is 0 Å². The molecule has 1 heterocycles. The van der Waals surface area contributed by atoms with Crippen LogP contribution in [0.4, 0.5) is 10.1 Å². The first-order valence-corrected chi connectivity index (χ1v) is 6.27. The molecule has 0 atom stereocenters. The second-order valence-electron chi connectivity index (χ2n) is 4.39. The third-order valence-electron chi connectivity index (χ3n) is 2.76. The van der Waals surface area contributed by atoms with E-state index in [0.717, 1.165) is 4.57 Å². The van der Waals surface area contributed by atoms with E-state index in [4.69, 9.17) is 5.73 Å². The molecule has 1 aromatic heterocycles. The molecule has 0 fully saturated rings. The Labute approximate surface area is 124 Å². The summed E-state index contributed by atoms with van der Waals surface area (Å²) in [7, 11) is 0. The molecular weight excluding hydrogens is 291 g/mol. The first kappa shape index (κ1) is 15.2. The molecule has 2 amide bonds. The number of hydrogen-bond donors (Lipinski definition) is 3. The number of amides is 2. The number of primary amides is 1. The van der Waals surface area contributed by atoms with Crippen LogP contribution in [0.15, 0.2) is 47.3 Å². The highest BCUT2D eigenvalue weighted by Crippen LogP contribution is 2.07. The van der Waals surface area contributed by atoms with E-state index >= 15 is 0 Å². The van der Waals surface area contributed by atoms with Crippen LogP contribution in [0, 0.1) is 5.82 Å².